The SMILES string of the molecule is CCC(CC)(C(=O)OC)C(=O)OCCOCc1ccccc1. The van der Waals surface area contributed by atoms with Crippen LogP contribution in [0.25, 0.3) is 0 Å². The van der Waals surface area contributed by atoms with Gasteiger partial charge in [0.1, 0.15) is 6.61 Å². The van der Waals surface area contributed by atoms with Gasteiger partial charge in [-0.1, -0.05) is 44.2 Å². The lowest BCUT2D eigenvalue weighted by atomic mass is 9.82. The van der Waals surface area contributed by atoms with Crippen LogP contribution in [0.3, 0.4) is 0 Å². The molecule has 1 aromatic rings. The molecular formula is C17H24O5. The molecular weight excluding hydrogens is 284 g/mol. The van der Waals surface area contributed by atoms with Gasteiger partial charge in [0, 0.05) is 0 Å². The highest BCUT2D eigenvalue weighted by Gasteiger charge is 2.45. The molecule has 0 radical (unpaired) electrons. The zero-order valence-corrected chi connectivity index (χ0v) is 13.5. The molecule has 22 heavy (non-hydrogen) atoms. The first-order valence-corrected chi connectivity index (χ1v) is 7.48. The van der Waals surface area contributed by atoms with Crippen molar-refractivity contribution in [3.05, 3.63) is 35.9 Å². The van der Waals surface area contributed by atoms with Gasteiger partial charge < -0.3 is 14.2 Å². The quantitative estimate of drug-likeness (QED) is 0.399. The minimum Gasteiger partial charge on any atom is -0.468 e. The summed E-state index contributed by atoms with van der Waals surface area (Å²) in [6.07, 6.45) is 0.694. The third-order valence-corrected chi connectivity index (χ3v) is 3.75. The number of carbonyl (C=O) groups excluding carboxylic acids is 2. The van der Waals surface area contributed by atoms with Crippen molar-refractivity contribution in [2.75, 3.05) is 20.3 Å². The standard InChI is InChI=1S/C17H24O5/c1-4-17(5-2,15(18)20-3)16(19)22-12-11-21-13-14-9-7-6-8-10-14/h6-10H,4-5,11-13H2,1-3H3. The second kappa shape index (κ2) is 9.20. The summed E-state index contributed by atoms with van der Waals surface area (Å²) < 4.78 is 15.4. The van der Waals surface area contributed by atoms with E-state index in [4.69, 9.17) is 14.2 Å². The average Bonchev–Trinajstić information content (AvgIpc) is 2.56. The number of rotatable bonds is 9. The van der Waals surface area contributed by atoms with E-state index >= 15 is 0 Å². The average molecular weight is 308 g/mol. The maximum absolute atomic E-state index is 12.2. The zero-order valence-electron chi connectivity index (χ0n) is 13.5. The molecule has 5 heteroatoms. The molecule has 1 aromatic carbocycles. The van der Waals surface area contributed by atoms with Crippen molar-refractivity contribution in [1.82, 2.24) is 0 Å². The number of carbonyl (C=O) groups is 2. The lowest BCUT2D eigenvalue weighted by molar-refractivity contribution is -0.172. The third-order valence-electron chi connectivity index (χ3n) is 3.75. The molecule has 1 rings (SSSR count). The Bertz CT molecular complexity index is 465. The van der Waals surface area contributed by atoms with E-state index in [0.29, 0.717) is 19.4 Å². The molecule has 122 valence electrons. The van der Waals surface area contributed by atoms with Crippen LogP contribution < -0.4 is 0 Å². The number of hydrogen-bond acceptors (Lipinski definition) is 5. The van der Waals surface area contributed by atoms with Gasteiger partial charge in [-0.15, -0.1) is 0 Å². The van der Waals surface area contributed by atoms with Gasteiger partial charge in [-0.3, -0.25) is 9.59 Å². The van der Waals surface area contributed by atoms with E-state index in [-0.39, 0.29) is 13.2 Å². The van der Waals surface area contributed by atoms with Gasteiger partial charge in [0.15, 0.2) is 5.41 Å². The molecule has 0 unspecified atom stereocenters. The van der Waals surface area contributed by atoms with Crippen LogP contribution >= 0.6 is 0 Å². The Labute approximate surface area is 131 Å². The topological polar surface area (TPSA) is 61.8 Å². The number of ether oxygens (including phenoxy) is 3. The highest BCUT2D eigenvalue weighted by molar-refractivity contribution is 5.99. The minimum absolute atomic E-state index is 0.115. The van der Waals surface area contributed by atoms with E-state index in [2.05, 4.69) is 0 Å². The fourth-order valence-corrected chi connectivity index (χ4v) is 2.20. The van der Waals surface area contributed by atoms with Crippen molar-refractivity contribution in [2.24, 2.45) is 5.41 Å². The Balaban J connectivity index is 2.39. The molecule has 0 aliphatic carbocycles. The number of hydrogen-bond donors (Lipinski definition) is 0. The lowest BCUT2D eigenvalue weighted by Gasteiger charge is -2.25. The monoisotopic (exact) mass is 308 g/mol. The predicted molar refractivity (Wildman–Crippen MR) is 82.1 cm³/mol. The van der Waals surface area contributed by atoms with Gasteiger partial charge in [0.05, 0.1) is 20.3 Å². The smallest absolute Gasteiger partial charge is 0.323 e. The second-order valence-corrected chi connectivity index (χ2v) is 4.95. The van der Waals surface area contributed by atoms with Gasteiger partial charge in [0.25, 0.3) is 0 Å². The molecule has 0 aromatic heterocycles. The van der Waals surface area contributed by atoms with Gasteiger partial charge in [0.2, 0.25) is 0 Å². The second-order valence-electron chi connectivity index (χ2n) is 4.95. The molecule has 0 amide bonds. The lowest BCUT2D eigenvalue weighted by Crippen LogP contribution is -2.41. The van der Waals surface area contributed by atoms with Crippen LogP contribution in [-0.4, -0.2) is 32.3 Å². The molecule has 0 N–H and O–H groups in total. The normalized spacial score (nSPS) is 11.0. The summed E-state index contributed by atoms with van der Waals surface area (Å²) in [5.74, 6) is -1.10. The van der Waals surface area contributed by atoms with Crippen LogP contribution in [0, 0.1) is 5.41 Å². The third kappa shape index (κ3) is 4.56. The maximum atomic E-state index is 12.2. The van der Waals surface area contributed by atoms with Crippen LogP contribution in [0.4, 0.5) is 0 Å². The fourth-order valence-electron chi connectivity index (χ4n) is 2.20. The van der Waals surface area contributed by atoms with Crippen molar-refractivity contribution < 1.29 is 23.8 Å². The van der Waals surface area contributed by atoms with Crippen LogP contribution in [0.2, 0.25) is 0 Å². The van der Waals surface area contributed by atoms with E-state index in [0.717, 1.165) is 5.56 Å². The summed E-state index contributed by atoms with van der Waals surface area (Å²) in [5.41, 5.74) is -0.159. The summed E-state index contributed by atoms with van der Waals surface area (Å²) in [6, 6.07) is 9.73. The van der Waals surface area contributed by atoms with Gasteiger partial charge in [-0.25, -0.2) is 0 Å². The van der Waals surface area contributed by atoms with Crippen molar-refractivity contribution >= 4 is 11.9 Å². The van der Waals surface area contributed by atoms with E-state index in [1.807, 2.05) is 30.3 Å². The van der Waals surface area contributed by atoms with Gasteiger partial charge in [-0.2, -0.15) is 0 Å². The highest BCUT2D eigenvalue weighted by Crippen LogP contribution is 2.29. The van der Waals surface area contributed by atoms with Gasteiger partial charge in [-0.05, 0) is 18.4 Å². The molecule has 0 heterocycles. The first kappa shape index (κ1) is 18.2. The number of methoxy groups -OCH3 is 1. The molecule has 0 fully saturated rings. The Hall–Kier alpha value is -1.88. The number of benzene rings is 1. The van der Waals surface area contributed by atoms with Crippen molar-refractivity contribution in [2.45, 2.75) is 33.3 Å². The van der Waals surface area contributed by atoms with E-state index < -0.39 is 17.4 Å². The Morgan fingerprint density at radius 2 is 1.64 bits per heavy atom. The molecule has 0 saturated carbocycles. The van der Waals surface area contributed by atoms with Crippen LogP contribution in [0.5, 0.6) is 0 Å². The first-order valence-electron chi connectivity index (χ1n) is 7.48. The number of esters is 2. The molecule has 0 bridgehead atoms. The molecule has 5 nitrogen and oxygen atoms in total. The maximum Gasteiger partial charge on any atom is 0.323 e. The van der Waals surface area contributed by atoms with Crippen LogP contribution in [0.15, 0.2) is 30.3 Å². The summed E-state index contributed by atoms with van der Waals surface area (Å²) in [5, 5.41) is 0. The summed E-state index contributed by atoms with van der Waals surface area (Å²) in [6.45, 7) is 4.40. The Morgan fingerprint density at radius 1 is 1.00 bits per heavy atom. The Morgan fingerprint density at radius 3 is 2.18 bits per heavy atom. The zero-order chi connectivity index (χ0) is 16.4. The van der Waals surface area contributed by atoms with Gasteiger partial charge >= 0.3 is 11.9 Å². The van der Waals surface area contributed by atoms with Crippen molar-refractivity contribution in [1.29, 1.82) is 0 Å². The minimum atomic E-state index is -1.21. The molecule has 0 spiro atoms. The molecule has 0 aliphatic heterocycles. The highest BCUT2D eigenvalue weighted by atomic mass is 16.6. The van der Waals surface area contributed by atoms with E-state index in [1.54, 1.807) is 13.8 Å². The Kier molecular flexibility index (Phi) is 7.60. The predicted octanol–water partition coefficient (Wildman–Crippen LogP) is 2.73. The molecule has 0 saturated heterocycles. The van der Waals surface area contributed by atoms with Crippen LogP contribution in [-0.2, 0) is 30.4 Å². The fraction of sp³-hybridized carbons (Fsp3) is 0.529. The van der Waals surface area contributed by atoms with Crippen LogP contribution in [0.1, 0.15) is 32.3 Å². The van der Waals surface area contributed by atoms with Crippen molar-refractivity contribution in [3.63, 3.8) is 0 Å². The van der Waals surface area contributed by atoms with E-state index in [1.165, 1.54) is 7.11 Å². The molecule has 0 aliphatic rings. The van der Waals surface area contributed by atoms with Crippen molar-refractivity contribution in [3.8, 4) is 0 Å². The van der Waals surface area contributed by atoms with E-state index in [9.17, 15) is 9.59 Å². The first-order chi connectivity index (χ1) is 10.6. The largest absolute Gasteiger partial charge is 0.468 e. The summed E-state index contributed by atoms with van der Waals surface area (Å²) in [4.78, 5) is 24.0. The molecule has 0 atom stereocenters. The summed E-state index contributed by atoms with van der Waals surface area (Å²) >= 11 is 0. The summed E-state index contributed by atoms with van der Waals surface area (Å²) in [7, 11) is 1.28.